The largest absolute Gasteiger partial charge is 0.497 e. The number of anilines is 3. The van der Waals surface area contributed by atoms with Crippen molar-refractivity contribution >= 4 is 23.2 Å². The van der Waals surface area contributed by atoms with E-state index in [9.17, 15) is 9.70 Å². The zero-order valence-electron chi connectivity index (χ0n) is 15.2. The highest BCUT2D eigenvalue weighted by molar-refractivity contribution is 5.85. The molecule has 0 heterocycles. The van der Waals surface area contributed by atoms with Crippen LogP contribution in [0, 0.1) is 4.91 Å². The van der Waals surface area contributed by atoms with Crippen LogP contribution in [0.4, 0.5) is 21.9 Å². The third-order valence-electron chi connectivity index (χ3n) is 3.97. The maximum atomic E-state index is 11.9. The van der Waals surface area contributed by atoms with E-state index >= 15 is 0 Å². The molecule has 28 heavy (non-hydrogen) atoms. The van der Waals surface area contributed by atoms with Crippen LogP contribution in [0.25, 0.3) is 0 Å². The van der Waals surface area contributed by atoms with Gasteiger partial charge in [-0.05, 0) is 54.1 Å². The molecule has 0 radical (unpaired) electrons. The molecule has 0 fully saturated rings. The molecule has 1 amide bonds. The third kappa shape index (κ3) is 4.85. The molecule has 7 heteroatoms. The van der Waals surface area contributed by atoms with Crippen LogP contribution >= 0.6 is 0 Å². The first-order valence-electron chi connectivity index (χ1n) is 8.55. The highest BCUT2D eigenvalue weighted by atomic mass is 16.5. The Bertz CT molecular complexity index is 913. The predicted octanol–water partition coefficient (Wildman–Crippen LogP) is 5.26. The van der Waals surface area contributed by atoms with Gasteiger partial charge in [0.25, 0.3) is 0 Å². The second-order valence-corrected chi connectivity index (χ2v) is 5.83. The van der Waals surface area contributed by atoms with Crippen LogP contribution in [0.15, 0.2) is 84.1 Å². The molecule has 142 valence electrons. The first-order chi connectivity index (χ1) is 13.7. The summed E-state index contributed by atoms with van der Waals surface area (Å²) in [5.74, 6) is 0.683. The van der Waals surface area contributed by atoms with Gasteiger partial charge in [0.2, 0.25) is 0 Å². The molecular weight excluding hydrogens is 358 g/mol. The van der Waals surface area contributed by atoms with E-state index in [1.807, 2.05) is 30.3 Å². The Morgan fingerprint density at radius 2 is 1.54 bits per heavy atom. The maximum absolute atomic E-state index is 11.9. The Morgan fingerprint density at radius 1 is 0.929 bits per heavy atom. The first-order valence-corrected chi connectivity index (χ1v) is 8.55. The van der Waals surface area contributed by atoms with E-state index < -0.39 is 6.09 Å². The van der Waals surface area contributed by atoms with Crippen molar-refractivity contribution in [3.63, 3.8) is 0 Å². The van der Waals surface area contributed by atoms with Gasteiger partial charge in [0.05, 0.1) is 23.8 Å². The second kappa shape index (κ2) is 9.18. The topological polar surface area (TPSA) is 80.2 Å². The van der Waals surface area contributed by atoms with Crippen LogP contribution in [-0.2, 0) is 11.3 Å². The number of nitrogens with zero attached hydrogens (tertiary/aromatic N) is 2. The summed E-state index contributed by atoms with van der Waals surface area (Å²) >= 11 is 0. The average Bonchev–Trinajstić information content (AvgIpc) is 2.75. The number of amides is 1. The number of carbonyl (C=O) groups excluding carboxylic acids is 1. The van der Waals surface area contributed by atoms with Gasteiger partial charge in [-0.15, -0.1) is 4.91 Å². The Hall–Kier alpha value is -3.87. The molecular formula is C21H19N3O4. The fraction of sp³-hybridized carbons (Fsp3) is 0.0952. The number of hydrogen-bond acceptors (Lipinski definition) is 5. The fourth-order valence-electron chi connectivity index (χ4n) is 2.53. The Kier molecular flexibility index (Phi) is 6.20. The van der Waals surface area contributed by atoms with Gasteiger partial charge in [-0.2, -0.15) is 5.01 Å². The van der Waals surface area contributed by atoms with Crippen molar-refractivity contribution in [1.82, 2.24) is 0 Å². The van der Waals surface area contributed by atoms with Crippen LogP contribution in [-0.4, -0.2) is 13.2 Å². The standard InChI is InChI=1S/C21H19N3O4/c1-27-20-13-11-19(12-14-20)24(23-26)18-9-7-17(8-10-18)22-21(25)28-15-16-5-3-2-4-6-16/h2-14H,15H2,1H3,(H,22,25). The van der Waals surface area contributed by atoms with Crippen molar-refractivity contribution < 1.29 is 14.3 Å². The van der Waals surface area contributed by atoms with Crippen LogP contribution in [0.1, 0.15) is 5.56 Å². The van der Waals surface area contributed by atoms with Gasteiger partial charge < -0.3 is 9.47 Å². The van der Waals surface area contributed by atoms with Crippen LogP contribution in [0.2, 0.25) is 0 Å². The van der Waals surface area contributed by atoms with Gasteiger partial charge in [-0.3, -0.25) is 5.32 Å². The molecule has 0 aliphatic heterocycles. The van der Waals surface area contributed by atoms with Crippen molar-refractivity contribution in [3.05, 3.63) is 89.3 Å². The van der Waals surface area contributed by atoms with E-state index in [1.54, 1.807) is 55.6 Å². The molecule has 0 saturated heterocycles. The predicted molar refractivity (Wildman–Crippen MR) is 108 cm³/mol. The smallest absolute Gasteiger partial charge is 0.411 e. The average molecular weight is 377 g/mol. The lowest BCUT2D eigenvalue weighted by Crippen LogP contribution is -2.13. The molecule has 0 atom stereocenters. The quantitative estimate of drug-likeness (QED) is 0.448. The van der Waals surface area contributed by atoms with Gasteiger partial charge in [-0.1, -0.05) is 30.3 Å². The summed E-state index contributed by atoms with van der Waals surface area (Å²) in [5.41, 5.74) is 2.60. The molecule has 0 bridgehead atoms. The van der Waals surface area contributed by atoms with E-state index in [-0.39, 0.29) is 6.61 Å². The lowest BCUT2D eigenvalue weighted by Gasteiger charge is -2.16. The normalized spacial score (nSPS) is 10.0. The summed E-state index contributed by atoms with van der Waals surface area (Å²) in [6.07, 6.45) is -0.558. The number of hydrogen-bond donors (Lipinski definition) is 1. The summed E-state index contributed by atoms with van der Waals surface area (Å²) in [6, 6.07) is 23.0. The van der Waals surface area contributed by atoms with Crippen LogP contribution in [0.3, 0.4) is 0 Å². The molecule has 0 aliphatic carbocycles. The molecule has 0 unspecified atom stereocenters. The first kappa shape index (κ1) is 18.9. The van der Waals surface area contributed by atoms with E-state index in [2.05, 4.69) is 10.6 Å². The Labute approximate surface area is 162 Å². The highest BCUT2D eigenvalue weighted by Gasteiger charge is 2.11. The van der Waals surface area contributed by atoms with Crippen LogP contribution < -0.4 is 15.1 Å². The molecule has 0 saturated carbocycles. The maximum Gasteiger partial charge on any atom is 0.411 e. The Balaban J connectivity index is 1.61. The van der Waals surface area contributed by atoms with E-state index in [0.29, 0.717) is 22.8 Å². The molecule has 0 spiro atoms. The van der Waals surface area contributed by atoms with Gasteiger partial charge >= 0.3 is 6.09 Å². The third-order valence-corrected chi connectivity index (χ3v) is 3.97. The molecule has 7 nitrogen and oxygen atoms in total. The molecule has 0 aliphatic rings. The van der Waals surface area contributed by atoms with Gasteiger partial charge in [-0.25, -0.2) is 4.79 Å². The number of rotatable bonds is 7. The highest BCUT2D eigenvalue weighted by Crippen LogP contribution is 2.28. The zero-order chi connectivity index (χ0) is 19.8. The lowest BCUT2D eigenvalue weighted by atomic mass is 10.2. The van der Waals surface area contributed by atoms with Crippen molar-refractivity contribution in [1.29, 1.82) is 0 Å². The number of carbonyl (C=O) groups is 1. The molecule has 3 aromatic rings. The number of methoxy groups -OCH3 is 1. The summed E-state index contributed by atoms with van der Waals surface area (Å²) < 4.78 is 10.3. The van der Waals surface area contributed by atoms with Crippen molar-refractivity contribution in [2.75, 3.05) is 17.4 Å². The minimum absolute atomic E-state index is 0.186. The molecule has 1 N–H and O–H groups in total. The SMILES string of the molecule is COc1ccc(N(N=O)c2ccc(NC(=O)OCc3ccccc3)cc2)cc1. The van der Waals surface area contributed by atoms with Crippen molar-refractivity contribution in [3.8, 4) is 5.75 Å². The van der Waals surface area contributed by atoms with Gasteiger partial charge in [0.1, 0.15) is 12.4 Å². The Morgan fingerprint density at radius 3 is 2.11 bits per heavy atom. The van der Waals surface area contributed by atoms with Crippen molar-refractivity contribution in [2.24, 2.45) is 5.29 Å². The summed E-state index contributed by atoms with van der Waals surface area (Å²) in [4.78, 5) is 23.2. The molecule has 3 aromatic carbocycles. The molecule has 0 aromatic heterocycles. The minimum Gasteiger partial charge on any atom is -0.497 e. The number of nitrogens with one attached hydrogen (secondary N) is 1. The summed E-state index contributed by atoms with van der Waals surface area (Å²) in [5, 5.41) is 6.96. The van der Waals surface area contributed by atoms with Gasteiger partial charge in [0, 0.05) is 5.69 Å². The van der Waals surface area contributed by atoms with E-state index in [0.717, 1.165) is 5.56 Å². The summed E-state index contributed by atoms with van der Waals surface area (Å²) in [7, 11) is 1.57. The monoisotopic (exact) mass is 377 g/mol. The number of nitroso groups, excluding NO2 is 1. The van der Waals surface area contributed by atoms with Crippen LogP contribution in [0.5, 0.6) is 5.75 Å². The van der Waals surface area contributed by atoms with Gasteiger partial charge in [0.15, 0.2) is 0 Å². The summed E-state index contributed by atoms with van der Waals surface area (Å²) in [6.45, 7) is 0.186. The second-order valence-electron chi connectivity index (χ2n) is 5.83. The zero-order valence-corrected chi connectivity index (χ0v) is 15.2. The fourth-order valence-corrected chi connectivity index (χ4v) is 2.53. The molecule has 3 rings (SSSR count). The van der Waals surface area contributed by atoms with E-state index in [4.69, 9.17) is 9.47 Å². The number of ether oxygens (including phenoxy) is 2. The number of benzene rings is 3. The van der Waals surface area contributed by atoms with Crippen molar-refractivity contribution in [2.45, 2.75) is 6.61 Å². The van der Waals surface area contributed by atoms with E-state index in [1.165, 1.54) is 5.01 Å². The lowest BCUT2D eigenvalue weighted by molar-refractivity contribution is 0.155. The minimum atomic E-state index is -0.558.